The van der Waals surface area contributed by atoms with Gasteiger partial charge < -0.3 is 16.2 Å². The van der Waals surface area contributed by atoms with Gasteiger partial charge in [-0.1, -0.05) is 6.42 Å². The highest BCUT2D eigenvalue weighted by Gasteiger charge is 2.50. The van der Waals surface area contributed by atoms with Gasteiger partial charge in [-0.15, -0.1) is 0 Å². The average molecular weight is 225 g/mol. The van der Waals surface area contributed by atoms with Crippen LogP contribution in [0.4, 0.5) is 0 Å². The van der Waals surface area contributed by atoms with Crippen LogP contribution in [0.15, 0.2) is 0 Å². The summed E-state index contributed by atoms with van der Waals surface area (Å²) >= 11 is 0. The summed E-state index contributed by atoms with van der Waals surface area (Å²) in [4.78, 5) is 0. The summed E-state index contributed by atoms with van der Waals surface area (Å²) in [5.41, 5.74) is 6.45. The molecule has 6 atom stereocenters. The number of aliphatic hydroxyl groups is 1. The van der Waals surface area contributed by atoms with E-state index in [9.17, 15) is 5.11 Å². The molecule has 3 nitrogen and oxygen atoms in total. The maximum absolute atomic E-state index is 10.2. The normalized spacial score (nSPS) is 52.9. The van der Waals surface area contributed by atoms with Crippen LogP contribution in [0.3, 0.4) is 0 Å². The molecular weight excluding hydrogens is 200 g/mol. The molecule has 1 saturated heterocycles. The highest BCUT2D eigenvalue weighted by Crippen LogP contribution is 2.36. The lowest BCUT2D eigenvalue weighted by atomic mass is 9.65. The monoisotopic (exact) mass is 225 g/mol. The lowest BCUT2D eigenvalue weighted by Gasteiger charge is -2.49. The molecule has 5 unspecified atom stereocenters. The van der Waals surface area contributed by atoms with Gasteiger partial charge in [0.05, 0.1) is 24.1 Å². The van der Waals surface area contributed by atoms with Crippen molar-refractivity contribution in [3.63, 3.8) is 0 Å². The second kappa shape index (κ2) is 4.28. The van der Waals surface area contributed by atoms with Crippen molar-refractivity contribution in [2.75, 3.05) is 0 Å². The van der Waals surface area contributed by atoms with Crippen LogP contribution < -0.4 is 11.1 Å². The molecule has 2 saturated carbocycles. The van der Waals surface area contributed by atoms with Gasteiger partial charge >= 0.3 is 0 Å². The number of hydrogen-bond acceptors (Lipinski definition) is 2. The van der Waals surface area contributed by atoms with Gasteiger partial charge in [-0.2, -0.15) is 0 Å². The number of piperidine rings is 1. The molecule has 0 aromatic rings. The molecule has 92 valence electrons. The Balaban J connectivity index is 1.79. The van der Waals surface area contributed by atoms with Gasteiger partial charge in [0.15, 0.2) is 0 Å². The molecule has 3 aliphatic rings. The van der Waals surface area contributed by atoms with Crippen LogP contribution in [0.1, 0.15) is 44.9 Å². The zero-order chi connectivity index (χ0) is 11.1. The van der Waals surface area contributed by atoms with Crippen molar-refractivity contribution < 1.29 is 10.4 Å². The van der Waals surface area contributed by atoms with E-state index in [0.717, 1.165) is 12.5 Å². The van der Waals surface area contributed by atoms with E-state index in [1.54, 1.807) is 0 Å². The first-order valence-corrected chi connectivity index (χ1v) is 7.06. The van der Waals surface area contributed by atoms with Crippen LogP contribution in [0.5, 0.6) is 0 Å². The maximum atomic E-state index is 10.2. The molecule has 0 aromatic heterocycles. The van der Waals surface area contributed by atoms with Gasteiger partial charge in [-0.3, -0.25) is 0 Å². The number of fused-ring (bicyclic) bond motifs is 2. The van der Waals surface area contributed by atoms with Crippen LogP contribution in [0, 0.1) is 11.8 Å². The number of aliphatic hydroxyl groups excluding tert-OH is 1. The Morgan fingerprint density at radius 2 is 1.69 bits per heavy atom. The van der Waals surface area contributed by atoms with E-state index in [-0.39, 0.29) is 12.1 Å². The lowest BCUT2D eigenvalue weighted by molar-refractivity contribution is -0.749. The molecule has 1 heterocycles. The predicted molar refractivity (Wildman–Crippen MR) is 62.8 cm³/mol. The first-order chi connectivity index (χ1) is 7.77. The second-order valence-corrected chi connectivity index (χ2v) is 6.12. The maximum Gasteiger partial charge on any atom is 0.0930 e. The van der Waals surface area contributed by atoms with Crippen LogP contribution in [0.2, 0.25) is 0 Å². The summed E-state index contributed by atoms with van der Waals surface area (Å²) in [6, 6.07) is 1.63. The van der Waals surface area contributed by atoms with Crippen LogP contribution in [-0.2, 0) is 0 Å². The van der Waals surface area contributed by atoms with Crippen molar-refractivity contribution in [1.29, 1.82) is 0 Å². The molecule has 0 bridgehead atoms. The molecule has 3 heteroatoms. The van der Waals surface area contributed by atoms with E-state index in [1.807, 2.05) is 0 Å². The Kier molecular flexibility index (Phi) is 2.94. The molecule has 5 N–H and O–H groups in total. The average Bonchev–Trinajstić information content (AvgIpc) is 2.29. The van der Waals surface area contributed by atoms with Gasteiger partial charge in [0, 0.05) is 12.0 Å². The number of quaternary nitrogens is 1. The third-order valence-corrected chi connectivity index (χ3v) is 5.28. The molecule has 1 aliphatic heterocycles. The molecule has 0 spiro atoms. The summed E-state index contributed by atoms with van der Waals surface area (Å²) in [5.74, 6) is 1.04. The van der Waals surface area contributed by atoms with E-state index in [4.69, 9.17) is 5.73 Å². The molecule has 0 radical (unpaired) electrons. The van der Waals surface area contributed by atoms with Gasteiger partial charge in [0.2, 0.25) is 0 Å². The smallest absolute Gasteiger partial charge is 0.0930 e. The predicted octanol–water partition coefficient (Wildman–Crippen LogP) is -0.0209. The Bertz CT molecular complexity index is 258. The highest BCUT2D eigenvalue weighted by molar-refractivity contribution is 4.97. The summed E-state index contributed by atoms with van der Waals surface area (Å²) < 4.78 is 0. The minimum absolute atomic E-state index is 0.132. The SMILES string of the molecule is NC1C2CCCCC2[NH2+]C2CCC[C@H](O)C21. The van der Waals surface area contributed by atoms with Crippen LogP contribution >= 0.6 is 0 Å². The van der Waals surface area contributed by atoms with E-state index in [0.29, 0.717) is 17.9 Å². The minimum atomic E-state index is -0.132. The van der Waals surface area contributed by atoms with E-state index < -0.39 is 0 Å². The zero-order valence-corrected chi connectivity index (χ0v) is 10.0. The van der Waals surface area contributed by atoms with E-state index in [1.165, 1.54) is 38.5 Å². The largest absolute Gasteiger partial charge is 0.393 e. The van der Waals surface area contributed by atoms with Crippen molar-refractivity contribution in [3.05, 3.63) is 0 Å². The zero-order valence-electron chi connectivity index (χ0n) is 10.0. The topological polar surface area (TPSA) is 62.9 Å². The Morgan fingerprint density at radius 3 is 2.56 bits per heavy atom. The van der Waals surface area contributed by atoms with Crippen LogP contribution in [0.25, 0.3) is 0 Å². The number of rotatable bonds is 0. The fraction of sp³-hybridized carbons (Fsp3) is 1.00. The first kappa shape index (κ1) is 11.0. The fourth-order valence-corrected chi connectivity index (χ4v) is 4.51. The molecule has 0 amide bonds. The Morgan fingerprint density at radius 1 is 0.938 bits per heavy atom. The Hall–Kier alpha value is -0.120. The number of hydrogen-bond donors (Lipinski definition) is 3. The number of nitrogens with two attached hydrogens (primary N) is 2. The van der Waals surface area contributed by atoms with Crippen molar-refractivity contribution in [2.45, 2.75) is 69.2 Å². The van der Waals surface area contributed by atoms with Gasteiger partial charge in [-0.25, -0.2) is 0 Å². The van der Waals surface area contributed by atoms with Crippen molar-refractivity contribution in [2.24, 2.45) is 17.6 Å². The Labute approximate surface area is 97.8 Å². The third-order valence-electron chi connectivity index (χ3n) is 5.28. The minimum Gasteiger partial charge on any atom is -0.393 e. The standard InChI is InChI=1S/C13H24N2O/c14-13-8-4-1-2-5-9(8)15-10-6-3-7-11(16)12(10)13/h8-13,15-16H,1-7,14H2/p+1/t8?,9?,10?,11-,12?,13?/m0/s1. The second-order valence-electron chi connectivity index (χ2n) is 6.12. The lowest BCUT2D eigenvalue weighted by Crippen LogP contribution is -3.02. The molecule has 3 rings (SSSR count). The molecule has 16 heavy (non-hydrogen) atoms. The molecule has 3 fully saturated rings. The summed E-state index contributed by atoms with van der Waals surface area (Å²) in [5, 5.41) is 12.7. The molecule has 0 aromatic carbocycles. The van der Waals surface area contributed by atoms with Crippen molar-refractivity contribution in [1.82, 2.24) is 0 Å². The van der Waals surface area contributed by atoms with Crippen LogP contribution in [-0.4, -0.2) is 29.3 Å². The summed E-state index contributed by atoms with van der Waals surface area (Å²) in [6.07, 6.45) is 8.64. The van der Waals surface area contributed by atoms with Gasteiger partial charge in [0.1, 0.15) is 0 Å². The third kappa shape index (κ3) is 1.69. The van der Waals surface area contributed by atoms with Gasteiger partial charge in [-0.05, 0) is 38.5 Å². The van der Waals surface area contributed by atoms with Crippen molar-refractivity contribution in [3.8, 4) is 0 Å². The highest BCUT2D eigenvalue weighted by atomic mass is 16.3. The van der Waals surface area contributed by atoms with Gasteiger partial charge in [0.25, 0.3) is 0 Å². The molecular formula is C13H25N2O+. The van der Waals surface area contributed by atoms with Crippen molar-refractivity contribution >= 4 is 0 Å². The fourth-order valence-electron chi connectivity index (χ4n) is 4.51. The molecule has 2 aliphatic carbocycles. The van der Waals surface area contributed by atoms with E-state index in [2.05, 4.69) is 5.32 Å². The summed E-state index contributed by atoms with van der Waals surface area (Å²) in [7, 11) is 0. The first-order valence-electron chi connectivity index (χ1n) is 7.06. The summed E-state index contributed by atoms with van der Waals surface area (Å²) in [6.45, 7) is 0. The quantitative estimate of drug-likeness (QED) is 0.542. The van der Waals surface area contributed by atoms with E-state index >= 15 is 0 Å².